The third-order valence-electron chi connectivity index (χ3n) is 2.33. The molecule has 0 radical (unpaired) electrons. The number of carbonyl (C=O) groups excluding carboxylic acids is 1. The van der Waals surface area contributed by atoms with Crippen LogP contribution >= 0.6 is 11.8 Å². The minimum absolute atomic E-state index is 0.279. The molecule has 0 aromatic carbocycles. The molecule has 1 saturated heterocycles. The Labute approximate surface area is 98.8 Å². The molecule has 0 aliphatic carbocycles. The fourth-order valence-electron chi connectivity index (χ4n) is 1.20. The first kappa shape index (κ1) is 13.8. The van der Waals surface area contributed by atoms with E-state index in [1.165, 1.54) is 0 Å². The van der Waals surface area contributed by atoms with E-state index >= 15 is 0 Å². The Balaban J connectivity index is 2.59. The van der Waals surface area contributed by atoms with Crippen molar-refractivity contribution in [2.24, 2.45) is 5.41 Å². The van der Waals surface area contributed by atoms with Crippen LogP contribution in [0.15, 0.2) is 0 Å². The van der Waals surface area contributed by atoms with Crippen molar-refractivity contribution in [1.82, 2.24) is 0 Å². The van der Waals surface area contributed by atoms with Gasteiger partial charge in [0.2, 0.25) is 0 Å². The van der Waals surface area contributed by atoms with E-state index in [4.69, 9.17) is 4.74 Å². The summed E-state index contributed by atoms with van der Waals surface area (Å²) < 4.78 is 5.11. The number of aliphatic hydroxyl groups excluding tert-OH is 3. The van der Waals surface area contributed by atoms with Gasteiger partial charge in [-0.15, -0.1) is 11.8 Å². The third kappa shape index (κ3) is 3.10. The lowest BCUT2D eigenvalue weighted by Gasteiger charge is -2.35. The predicted octanol–water partition coefficient (Wildman–Crippen LogP) is -0.269. The molecule has 1 rings (SSSR count). The molecule has 5 nitrogen and oxygen atoms in total. The molecular weight excluding hydrogens is 232 g/mol. The number of aliphatic hydroxyl groups is 3. The molecule has 0 bridgehead atoms. The Bertz CT molecular complexity index is 262. The van der Waals surface area contributed by atoms with Crippen molar-refractivity contribution in [3.8, 4) is 0 Å². The van der Waals surface area contributed by atoms with E-state index in [1.54, 1.807) is 20.8 Å². The van der Waals surface area contributed by atoms with Crippen molar-refractivity contribution in [3.63, 3.8) is 0 Å². The van der Waals surface area contributed by atoms with E-state index in [9.17, 15) is 20.1 Å². The molecule has 1 fully saturated rings. The quantitative estimate of drug-likeness (QED) is 0.555. The fraction of sp³-hybridized carbons (Fsp3) is 0.900. The van der Waals surface area contributed by atoms with Crippen LogP contribution in [0.1, 0.15) is 20.8 Å². The van der Waals surface area contributed by atoms with Crippen molar-refractivity contribution in [2.45, 2.75) is 44.5 Å². The summed E-state index contributed by atoms with van der Waals surface area (Å²) in [5, 5.41) is 28.3. The first-order valence-electron chi connectivity index (χ1n) is 5.10. The number of thioether (sulfide) groups is 1. The molecule has 1 aliphatic rings. The lowest BCUT2D eigenvalue weighted by Crippen LogP contribution is -2.51. The lowest BCUT2D eigenvalue weighted by molar-refractivity contribution is -0.169. The molecule has 0 aromatic heterocycles. The summed E-state index contributed by atoms with van der Waals surface area (Å²) in [7, 11) is 0. The molecule has 1 heterocycles. The molecule has 0 unspecified atom stereocenters. The van der Waals surface area contributed by atoms with Gasteiger partial charge in [-0.25, -0.2) is 0 Å². The molecule has 0 saturated carbocycles. The standard InChI is InChI=1S/C10H18O5S/c1-10(2,3)9(14)15-5-4-16-8(13)7(12)6(5)11/h5-8,11-13H,4H2,1-3H3/t5-,6+,7-,8-/m1/s1. The molecule has 4 atom stereocenters. The van der Waals surface area contributed by atoms with Crippen LogP contribution in [-0.2, 0) is 9.53 Å². The van der Waals surface area contributed by atoms with Crippen LogP contribution in [0.25, 0.3) is 0 Å². The highest BCUT2D eigenvalue weighted by Crippen LogP contribution is 2.28. The van der Waals surface area contributed by atoms with Crippen molar-refractivity contribution < 1.29 is 24.9 Å². The van der Waals surface area contributed by atoms with Gasteiger partial charge < -0.3 is 20.1 Å². The van der Waals surface area contributed by atoms with E-state index < -0.39 is 35.1 Å². The lowest BCUT2D eigenvalue weighted by atomic mass is 9.97. The van der Waals surface area contributed by atoms with Crippen LogP contribution in [0.2, 0.25) is 0 Å². The maximum Gasteiger partial charge on any atom is 0.311 e. The largest absolute Gasteiger partial charge is 0.458 e. The summed E-state index contributed by atoms with van der Waals surface area (Å²) in [6.07, 6.45) is -3.28. The SMILES string of the molecule is CC(C)(C)C(=O)O[C@@H]1CS[C@@H](O)[C@H](O)[C@H]1O. The zero-order valence-corrected chi connectivity index (χ0v) is 10.4. The van der Waals surface area contributed by atoms with Crippen LogP contribution in [-0.4, -0.2) is 50.8 Å². The van der Waals surface area contributed by atoms with Gasteiger partial charge in [0.1, 0.15) is 23.7 Å². The Morgan fingerprint density at radius 2 is 1.81 bits per heavy atom. The zero-order chi connectivity index (χ0) is 12.5. The summed E-state index contributed by atoms with van der Waals surface area (Å²) in [4.78, 5) is 11.6. The van der Waals surface area contributed by atoms with Crippen molar-refractivity contribution in [2.75, 3.05) is 5.75 Å². The maximum atomic E-state index is 11.6. The van der Waals surface area contributed by atoms with Gasteiger partial charge in [-0.2, -0.15) is 0 Å². The number of esters is 1. The van der Waals surface area contributed by atoms with Crippen LogP contribution in [0, 0.1) is 5.41 Å². The maximum absolute atomic E-state index is 11.6. The number of carbonyl (C=O) groups is 1. The first-order valence-corrected chi connectivity index (χ1v) is 6.15. The van der Waals surface area contributed by atoms with E-state index in [-0.39, 0.29) is 5.75 Å². The van der Waals surface area contributed by atoms with Gasteiger partial charge in [0, 0.05) is 5.75 Å². The molecule has 16 heavy (non-hydrogen) atoms. The Kier molecular flexibility index (Phi) is 4.23. The Morgan fingerprint density at radius 3 is 2.31 bits per heavy atom. The van der Waals surface area contributed by atoms with Gasteiger partial charge in [0.25, 0.3) is 0 Å². The average molecular weight is 250 g/mol. The van der Waals surface area contributed by atoms with Crippen LogP contribution < -0.4 is 0 Å². The predicted molar refractivity (Wildman–Crippen MR) is 59.8 cm³/mol. The average Bonchev–Trinajstić information content (AvgIpc) is 2.17. The van der Waals surface area contributed by atoms with Crippen LogP contribution in [0.3, 0.4) is 0 Å². The highest BCUT2D eigenvalue weighted by Gasteiger charge is 2.40. The number of hydrogen-bond acceptors (Lipinski definition) is 6. The van der Waals surface area contributed by atoms with Crippen LogP contribution in [0.5, 0.6) is 0 Å². The van der Waals surface area contributed by atoms with E-state index in [1.807, 2.05) is 0 Å². The zero-order valence-electron chi connectivity index (χ0n) is 9.58. The third-order valence-corrected chi connectivity index (χ3v) is 3.47. The van der Waals surface area contributed by atoms with Gasteiger partial charge in [-0.05, 0) is 20.8 Å². The number of ether oxygens (including phenoxy) is 1. The van der Waals surface area contributed by atoms with Gasteiger partial charge in [0.05, 0.1) is 5.41 Å². The Morgan fingerprint density at radius 1 is 1.25 bits per heavy atom. The first-order chi connectivity index (χ1) is 7.23. The molecular formula is C10H18O5S. The molecule has 0 amide bonds. The summed E-state index contributed by atoms with van der Waals surface area (Å²) in [6, 6.07) is 0. The normalized spacial score (nSPS) is 35.9. The molecule has 6 heteroatoms. The molecule has 0 spiro atoms. The summed E-state index contributed by atoms with van der Waals surface area (Å²) in [5.74, 6) is -0.151. The highest BCUT2D eigenvalue weighted by atomic mass is 32.2. The fourth-order valence-corrected chi connectivity index (χ4v) is 2.21. The van der Waals surface area contributed by atoms with E-state index in [0.717, 1.165) is 11.8 Å². The minimum atomic E-state index is -1.28. The smallest absolute Gasteiger partial charge is 0.311 e. The topological polar surface area (TPSA) is 87.0 Å². The van der Waals surface area contributed by atoms with Gasteiger partial charge in [0.15, 0.2) is 0 Å². The van der Waals surface area contributed by atoms with Gasteiger partial charge in [-0.1, -0.05) is 0 Å². The van der Waals surface area contributed by atoms with Crippen molar-refractivity contribution in [1.29, 1.82) is 0 Å². The second-order valence-corrected chi connectivity index (χ2v) is 6.05. The second kappa shape index (κ2) is 4.91. The van der Waals surface area contributed by atoms with E-state index in [2.05, 4.69) is 0 Å². The van der Waals surface area contributed by atoms with E-state index in [0.29, 0.717) is 0 Å². The molecule has 0 aromatic rings. The second-order valence-electron chi connectivity index (χ2n) is 4.90. The summed E-state index contributed by atoms with van der Waals surface area (Å²) in [6.45, 7) is 5.13. The van der Waals surface area contributed by atoms with Crippen molar-refractivity contribution in [3.05, 3.63) is 0 Å². The number of hydrogen-bond donors (Lipinski definition) is 3. The van der Waals surface area contributed by atoms with Crippen molar-refractivity contribution >= 4 is 17.7 Å². The Hall–Kier alpha value is -0.300. The molecule has 94 valence electrons. The minimum Gasteiger partial charge on any atom is -0.458 e. The summed E-state index contributed by atoms with van der Waals surface area (Å²) in [5.41, 5.74) is -1.68. The van der Waals surface area contributed by atoms with Gasteiger partial charge >= 0.3 is 5.97 Å². The molecule has 1 aliphatic heterocycles. The molecule has 3 N–H and O–H groups in total. The summed E-state index contributed by atoms with van der Waals surface area (Å²) >= 11 is 1.06. The van der Waals surface area contributed by atoms with Crippen LogP contribution in [0.4, 0.5) is 0 Å². The number of rotatable bonds is 1. The van der Waals surface area contributed by atoms with Gasteiger partial charge in [-0.3, -0.25) is 4.79 Å². The highest BCUT2D eigenvalue weighted by molar-refractivity contribution is 7.99. The monoisotopic (exact) mass is 250 g/mol.